The lowest BCUT2D eigenvalue weighted by Crippen LogP contribution is -2.21. The Morgan fingerprint density at radius 3 is 2.39 bits per heavy atom. The zero-order valence-corrected chi connectivity index (χ0v) is 18.5. The molecule has 0 fully saturated rings. The maximum Gasteiger partial charge on any atom is 0.277 e. The van der Waals surface area contributed by atoms with Crippen molar-refractivity contribution in [2.45, 2.75) is 6.54 Å². The zero-order valence-electron chi connectivity index (χ0n) is 17.7. The summed E-state index contributed by atoms with van der Waals surface area (Å²) in [5, 5.41) is 9.15. The molecule has 5 rings (SSSR count). The topological polar surface area (TPSA) is 96.7 Å². The Hall–Kier alpha value is -4.11. The Balaban J connectivity index is 1.44. The van der Waals surface area contributed by atoms with E-state index in [1.165, 1.54) is 4.57 Å². The van der Waals surface area contributed by atoms with Gasteiger partial charge in [-0.2, -0.15) is 10.1 Å². The molecule has 0 radical (unpaired) electrons. The highest BCUT2D eigenvalue weighted by molar-refractivity contribution is 6.30. The molecular weight excluding hydrogens is 446 g/mol. The predicted molar refractivity (Wildman–Crippen MR) is 122 cm³/mol. The molecule has 2 aromatic carbocycles. The van der Waals surface area contributed by atoms with E-state index in [1.54, 1.807) is 67.5 Å². The van der Waals surface area contributed by atoms with Crippen LogP contribution in [-0.2, 0) is 6.54 Å². The van der Waals surface area contributed by atoms with E-state index in [-0.39, 0.29) is 18.0 Å². The maximum atomic E-state index is 13.0. The van der Waals surface area contributed by atoms with Crippen molar-refractivity contribution in [3.05, 3.63) is 82.2 Å². The van der Waals surface area contributed by atoms with Gasteiger partial charge in [-0.25, -0.2) is 4.52 Å². The fourth-order valence-corrected chi connectivity index (χ4v) is 3.56. The molecule has 10 heteroatoms. The van der Waals surface area contributed by atoms with Gasteiger partial charge in [0.25, 0.3) is 5.56 Å². The molecule has 0 aliphatic heterocycles. The number of methoxy groups -OCH3 is 2. The summed E-state index contributed by atoms with van der Waals surface area (Å²) in [5.74, 6) is 1.87. The van der Waals surface area contributed by atoms with Crippen LogP contribution < -0.4 is 15.0 Å². The molecule has 0 atom stereocenters. The second-order valence-corrected chi connectivity index (χ2v) is 7.65. The van der Waals surface area contributed by atoms with Gasteiger partial charge < -0.3 is 18.6 Å². The van der Waals surface area contributed by atoms with Crippen molar-refractivity contribution in [1.29, 1.82) is 0 Å². The number of halogens is 1. The lowest BCUT2D eigenvalue weighted by Gasteiger charge is -2.05. The zero-order chi connectivity index (χ0) is 22.9. The van der Waals surface area contributed by atoms with Crippen LogP contribution in [-0.4, -0.2) is 38.5 Å². The second-order valence-electron chi connectivity index (χ2n) is 7.21. The monoisotopic (exact) mass is 463 g/mol. The molecular formula is C23H18ClN5O4. The van der Waals surface area contributed by atoms with Crippen molar-refractivity contribution >= 4 is 17.1 Å². The minimum Gasteiger partial charge on any atom is -0.497 e. The quantitative estimate of drug-likeness (QED) is 0.376. The summed E-state index contributed by atoms with van der Waals surface area (Å²) in [6.07, 6.45) is 3.34. The van der Waals surface area contributed by atoms with Crippen LogP contribution in [0.4, 0.5) is 0 Å². The van der Waals surface area contributed by atoms with Crippen molar-refractivity contribution < 1.29 is 14.0 Å². The third-order valence-corrected chi connectivity index (χ3v) is 5.38. The first kappa shape index (κ1) is 20.8. The van der Waals surface area contributed by atoms with E-state index >= 15 is 0 Å². The van der Waals surface area contributed by atoms with Gasteiger partial charge in [-0.05, 0) is 30.3 Å². The Bertz CT molecular complexity index is 1480. The number of benzene rings is 2. The molecule has 9 nitrogen and oxygen atoms in total. The smallest absolute Gasteiger partial charge is 0.277 e. The van der Waals surface area contributed by atoms with Gasteiger partial charge in [0.2, 0.25) is 11.7 Å². The highest BCUT2D eigenvalue weighted by atomic mass is 35.5. The van der Waals surface area contributed by atoms with Crippen molar-refractivity contribution in [3.63, 3.8) is 0 Å². The first-order valence-electron chi connectivity index (χ1n) is 9.95. The summed E-state index contributed by atoms with van der Waals surface area (Å²) in [6, 6.07) is 14.3. The summed E-state index contributed by atoms with van der Waals surface area (Å²) < 4.78 is 19.0. The van der Waals surface area contributed by atoms with Crippen LogP contribution in [0.2, 0.25) is 5.02 Å². The van der Waals surface area contributed by atoms with Gasteiger partial charge in [-0.3, -0.25) is 4.79 Å². The van der Waals surface area contributed by atoms with Crippen LogP contribution in [0.1, 0.15) is 5.89 Å². The van der Waals surface area contributed by atoms with Crippen molar-refractivity contribution in [1.82, 2.24) is 24.3 Å². The molecule has 0 spiro atoms. The molecule has 33 heavy (non-hydrogen) atoms. The molecule has 0 aliphatic carbocycles. The molecule has 0 unspecified atom stereocenters. The summed E-state index contributed by atoms with van der Waals surface area (Å²) in [5.41, 5.74) is 2.41. The first-order chi connectivity index (χ1) is 16.0. The molecule has 0 saturated carbocycles. The van der Waals surface area contributed by atoms with E-state index in [0.29, 0.717) is 39.1 Å². The number of nitrogens with zero attached hydrogens (tertiary/aromatic N) is 5. The standard InChI is InChI=1S/C23H18ClN5O4/c1-31-17-9-15(10-18(11-17)32-2)22-25-21(33-27-22)13-28-7-8-29-20(23(28)30)12-19(26-29)14-3-5-16(24)6-4-14/h3-12H,13H2,1-2H3. The lowest BCUT2D eigenvalue weighted by molar-refractivity contribution is 0.370. The minimum atomic E-state index is -0.229. The van der Waals surface area contributed by atoms with E-state index in [4.69, 9.17) is 25.6 Å². The molecule has 0 saturated heterocycles. The van der Waals surface area contributed by atoms with Gasteiger partial charge in [0.05, 0.1) is 19.9 Å². The number of hydrogen-bond donors (Lipinski definition) is 0. The largest absolute Gasteiger partial charge is 0.497 e. The predicted octanol–water partition coefficient (Wildman–Crippen LogP) is 3.93. The van der Waals surface area contributed by atoms with Gasteiger partial charge in [-0.15, -0.1) is 0 Å². The molecule has 166 valence electrons. The van der Waals surface area contributed by atoms with E-state index in [2.05, 4.69) is 15.2 Å². The fraction of sp³-hybridized carbons (Fsp3) is 0.130. The van der Waals surface area contributed by atoms with Gasteiger partial charge >= 0.3 is 0 Å². The third kappa shape index (κ3) is 4.06. The minimum absolute atomic E-state index is 0.116. The summed E-state index contributed by atoms with van der Waals surface area (Å²) in [7, 11) is 3.13. The molecule has 3 heterocycles. The highest BCUT2D eigenvalue weighted by Gasteiger charge is 2.14. The normalized spacial score (nSPS) is 11.1. The summed E-state index contributed by atoms with van der Waals surface area (Å²) >= 11 is 5.96. The van der Waals surface area contributed by atoms with Gasteiger partial charge in [0.1, 0.15) is 23.6 Å². The summed E-state index contributed by atoms with van der Waals surface area (Å²) in [4.78, 5) is 17.5. The van der Waals surface area contributed by atoms with E-state index < -0.39 is 0 Å². The van der Waals surface area contributed by atoms with Crippen LogP contribution in [0.25, 0.3) is 28.2 Å². The second kappa shape index (κ2) is 8.44. The Kier molecular flexibility index (Phi) is 5.31. The van der Waals surface area contributed by atoms with E-state index in [0.717, 1.165) is 5.56 Å². The number of hydrogen-bond acceptors (Lipinski definition) is 7. The Morgan fingerprint density at radius 2 is 1.70 bits per heavy atom. The van der Waals surface area contributed by atoms with Gasteiger partial charge in [-0.1, -0.05) is 28.9 Å². The molecule has 0 N–H and O–H groups in total. The molecule has 0 bridgehead atoms. The lowest BCUT2D eigenvalue weighted by atomic mass is 10.1. The highest BCUT2D eigenvalue weighted by Crippen LogP contribution is 2.28. The summed E-state index contributed by atoms with van der Waals surface area (Å²) in [6.45, 7) is 0.116. The number of fused-ring (bicyclic) bond motifs is 1. The average molecular weight is 464 g/mol. The van der Waals surface area contributed by atoms with Gasteiger partial charge in [0, 0.05) is 34.6 Å². The van der Waals surface area contributed by atoms with Crippen LogP contribution in [0.3, 0.4) is 0 Å². The van der Waals surface area contributed by atoms with Crippen molar-refractivity contribution in [3.8, 4) is 34.1 Å². The Morgan fingerprint density at radius 1 is 0.970 bits per heavy atom. The fourth-order valence-electron chi connectivity index (χ4n) is 3.43. The number of aromatic nitrogens is 5. The van der Waals surface area contributed by atoms with Gasteiger partial charge in [0.15, 0.2) is 0 Å². The van der Waals surface area contributed by atoms with E-state index in [9.17, 15) is 4.79 Å². The average Bonchev–Trinajstić information content (AvgIpc) is 3.49. The number of rotatable bonds is 6. The van der Waals surface area contributed by atoms with Crippen molar-refractivity contribution in [2.24, 2.45) is 0 Å². The first-order valence-corrected chi connectivity index (χ1v) is 10.3. The molecule has 5 aromatic rings. The van der Waals surface area contributed by atoms with Crippen molar-refractivity contribution in [2.75, 3.05) is 14.2 Å². The van der Waals surface area contributed by atoms with Crippen LogP contribution in [0.5, 0.6) is 11.5 Å². The molecule has 0 aliphatic rings. The molecule has 0 amide bonds. The van der Waals surface area contributed by atoms with Crippen LogP contribution >= 0.6 is 11.6 Å². The molecule has 3 aromatic heterocycles. The van der Waals surface area contributed by atoms with Crippen LogP contribution in [0, 0.1) is 0 Å². The third-order valence-electron chi connectivity index (χ3n) is 5.13. The Labute approximate surface area is 192 Å². The number of ether oxygens (including phenoxy) is 2. The maximum absolute atomic E-state index is 13.0. The van der Waals surface area contributed by atoms with E-state index in [1.807, 2.05) is 12.1 Å². The SMILES string of the molecule is COc1cc(OC)cc(-c2noc(Cn3ccn4nc(-c5ccc(Cl)cc5)cc4c3=O)n2)c1. The van der Waals surface area contributed by atoms with Crippen LogP contribution in [0.15, 0.2) is 70.2 Å².